The second-order valence-corrected chi connectivity index (χ2v) is 12.3. The second-order valence-electron chi connectivity index (χ2n) is 12.3. The quantitative estimate of drug-likeness (QED) is 0.502. The first kappa shape index (κ1) is 23.7. The Morgan fingerprint density at radius 1 is 1.03 bits per heavy atom. The molecule has 1 spiro atoms. The molecule has 4 fully saturated rings. The van der Waals surface area contributed by atoms with Gasteiger partial charge in [0.1, 0.15) is 0 Å². The van der Waals surface area contributed by atoms with Crippen molar-refractivity contribution >= 4 is 5.91 Å². The average Bonchev–Trinajstić information content (AvgIpc) is 3.50. The molecule has 196 valence electrons. The van der Waals surface area contributed by atoms with Crippen LogP contribution in [-0.4, -0.2) is 44.9 Å². The third-order valence-corrected chi connectivity index (χ3v) is 10.7. The predicted octanol–water partition coefficient (Wildman–Crippen LogP) is 5.95. The van der Waals surface area contributed by atoms with Crippen LogP contribution in [0.5, 0.6) is 0 Å². The van der Waals surface area contributed by atoms with Gasteiger partial charge in [-0.15, -0.1) is 0 Å². The topological polar surface area (TPSA) is 36.4 Å². The number of alkyl halides is 3. The van der Waals surface area contributed by atoms with E-state index in [-0.39, 0.29) is 29.8 Å². The maximum absolute atomic E-state index is 14.0. The molecule has 5 aliphatic rings. The fraction of sp³-hybridized carbons (Fsp3) is 0.600. The molecular weight excluding hydrogens is 475 g/mol. The molecule has 1 aromatic heterocycles. The molecule has 0 radical (unpaired) electrons. The first-order valence-electron chi connectivity index (χ1n) is 13.9. The molecule has 1 aromatic carbocycles. The molecule has 4 aliphatic heterocycles. The number of halogens is 3. The van der Waals surface area contributed by atoms with Gasteiger partial charge in [0.2, 0.25) is 5.91 Å². The highest BCUT2D eigenvalue weighted by Crippen LogP contribution is 2.57. The van der Waals surface area contributed by atoms with Gasteiger partial charge in [-0.05, 0) is 74.0 Å². The molecule has 7 rings (SSSR count). The summed E-state index contributed by atoms with van der Waals surface area (Å²) in [6.07, 6.45) is 4.80. The van der Waals surface area contributed by atoms with Crippen molar-refractivity contribution in [2.45, 2.75) is 101 Å². The number of carbonyl (C=O) groups is 1. The molecule has 2 aromatic rings. The normalized spacial score (nSPS) is 37.3. The molecule has 6 unspecified atom stereocenters. The number of aromatic nitrogens is 1. The maximum Gasteiger partial charge on any atom is 0.417 e. The van der Waals surface area contributed by atoms with E-state index in [4.69, 9.17) is 0 Å². The van der Waals surface area contributed by atoms with Crippen molar-refractivity contribution in [1.29, 1.82) is 0 Å². The van der Waals surface area contributed by atoms with Crippen molar-refractivity contribution in [3.8, 4) is 0 Å². The summed E-state index contributed by atoms with van der Waals surface area (Å²) in [4.78, 5) is 22.9. The van der Waals surface area contributed by atoms with Gasteiger partial charge in [0.25, 0.3) is 0 Å². The van der Waals surface area contributed by atoms with Crippen LogP contribution >= 0.6 is 0 Å². The highest BCUT2D eigenvalue weighted by molar-refractivity contribution is 5.87. The summed E-state index contributed by atoms with van der Waals surface area (Å²) in [5, 5.41) is 0. The van der Waals surface area contributed by atoms with Gasteiger partial charge in [0.15, 0.2) is 0 Å². The second kappa shape index (κ2) is 8.29. The van der Waals surface area contributed by atoms with Crippen LogP contribution < -0.4 is 0 Å². The van der Waals surface area contributed by atoms with Crippen LogP contribution in [0.15, 0.2) is 42.6 Å². The van der Waals surface area contributed by atoms with Crippen molar-refractivity contribution in [2.75, 3.05) is 0 Å². The molecule has 1 amide bonds. The molecule has 2 bridgehead atoms. The molecule has 3 saturated heterocycles. The smallest absolute Gasteiger partial charge is 0.334 e. The number of fused-ring (bicyclic) bond motifs is 4. The SMILES string of the molecule is CC1C2Cc3ncc(C(F)(F)F)cc3CN2C(=O)C12CCC(N1C3CCC1CC(c1ccccc1)C3)C2. The van der Waals surface area contributed by atoms with Gasteiger partial charge in [-0.2, -0.15) is 13.2 Å². The van der Waals surface area contributed by atoms with Crippen LogP contribution in [0.4, 0.5) is 13.2 Å². The van der Waals surface area contributed by atoms with Gasteiger partial charge in [-0.25, -0.2) is 0 Å². The average molecular weight is 510 g/mol. The van der Waals surface area contributed by atoms with Gasteiger partial charge in [-0.3, -0.25) is 14.7 Å². The Hall–Kier alpha value is -2.41. The minimum absolute atomic E-state index is 0.0310. The van der Waals surface area contributed by atoms with Crippen LogP contribution in [0.2, 0.25) is 0 Å². The third kappa shape index (κ3) is 3.59. The van der Waals surface area contributed by atoms with Crippen molar-refractivity contribution in [3.05, 3.63) is 65.0 Å². The molecule has 4 nitrogen and oxygen atoms in total. The van der Waals surface area contributed by atoms with Crippen LogP contribution in [0.3, 0.4) is 0 Å². The fourth-order valence-corrected chi connectivity index (χ4v) is 8.86. The zero-order chi connectivity index (χ0) is 25.5. The zero-order valence-electron chi connectivity index (χ0n) is 21.3. The minimum Gasteiger partial charge on any atom is -0.334 e. The lowest BCUT2D eigenvalue weighted by Crippen LogP contribution is -2.48. The van der Waals surface area contributed by atoms with E-state index in [1.807, 2.05) is 4.90 Å². The van der Waals surface area contributed by atoms with Crippen LogP contribution in [0.25, 0.3) is 0 Å². The highest BCUT2D eigenvalue weighted by Gasteiger charge is 2.62. The van der Waals surface area contributed by atoms with E-state index in [2.05, 4.69) is 47.1 Å². The van der Waals surface area contributed by atoms with Crippen molar-refractivity contribution in [1.82, 2.24) is 14.8 Å². The van der Waals surface area contributed by atoms with Crippen LogP contribution in [-0.2, 0) is 23.9 Å². The Kier molecular flexibility index (Phi) is 5.31. The van der Waals surface area contributed by atoms with Crippen molar-refractivity contribution in [3.63, 3.8) is 0 Å². The van der Waals surface area contributed by atoms with Gasteiger partial charge in [0.05, 0.1) is 11.0 Å². The lowest BCUT2D eigenvalue weighted by atomic mass is 9.73. The number of hydrogen-bond acceptors (Lipinski definition) is 3. The molecular formula is C30H34F3N3O. The number of pyridine rings is 1. The molecule has 7 heteroatoms. The van der Waals surface area contributed by atoms with Gasteiger partial charge in [0, 0.05) is 49.0 Å². The van der Waals surface area contributed by atoms with E-state index >= 15 is 0 Å². The summed E-state index contributed by atoms with van der Waals surface area (Å²) in [7, 11) is 0. The number of nitrogens with zero attached hydrogens (tertiary/aromatic N) is 3. The fourth-order valence-electron chi connectivity index (χ4n) is 8.86. The van der Waals surface area contributed by atoms with Gasteiger partial charge >= 0.3 is 6.18 Å². The maximum atomic E-state index is 14.0. The highest BCUT2D eigenvalue weighted by atomic mass is 19.4. The van der Waals surface area contributed by atoms with Crippen molar-refractivity contribution in [2.24, 2.45) is 11.3 Å². The minimum atomic E-state index is -4.42. The van der Waals surface area contributed by atoms with E-state index in [9.17, 15) is 18.0 Å². The molecule has 37 heavy (non-hydrogen) atoms. The summed E-state index contributed by atoms with van der Waals surface area (Å²) >= 11 is 0. The third-order valence-electron chi connectivity index (χ3n) is 10.7. The predicted molar refractivity (Wildman–Crippen MR) is 134 cm³/mol. The van der Waals surface area contributed by atoms with E-state index in [1.54, 1.807) is 0 Å². The van der Waals surface area contributed by atoms with Crippen LogP contribution in [0, 0.1) is 11.3 Å². The Morgan fingerprint density at radius 3 is 2.46 bits per heavy atom. The summed E-state index contributed by atoms with van der Waals surface area (Å²) in [5.74, 6) is 0.975. The number of rotatable bonds is 2. The van der Waals surface area contributed by atoms with E-state index in [1.165, 1.54) is 37.3 Å². The molecule has 1 saturated carbocycles. The Balaban J connectivity index is 1.10. The lowest BCUT2D eigenvalue weighted by Gasteiger charge is -2.43. The number of amides is 1. The summed E-state index contributed by atoms with van der Waals surface area (Å²) in [5.41, 5.74) is 1.62. The van der Waals surface area contributed by atoms with E-state index < -0.39 is 11.7 Å². The zero-order valence-corrected chi connectivity index (χ0v) is 21.3. The largest absolute Gasteiger partial charge is 0.417 e. The molecule has 6 atom stereocenters. The van der Waals surface area contributed by atoms with E-state index in [0.717, 1.165) is 31.2 Å². The number of piperidine rings is 1. The Labute approximate surface area is 216 Å². The van der Waals surface area contributed by atoms with Gasteiger partial charge < -0.3 is 4.90 Å². The summed E-state index contributed by atoms with van der Waals surface area (Å²) in [6, 6.07) is 13.8. The van der Waals surface area contributed by atoms with Gasteiger partial charge in [-0.1, -0.05) is 37.3 Å². The molecule has 0 N–H and O–H groups in total. The number of carbonyl (C=O) groups excluding carboxylic acids is 1. The number of hydrogen-bond donors (Lipinski definition) is 0. The first-order valence-corrected chi connectivity index (χ1v) is 13.9. The Bertz CT molecular complexity index is 1200. The lowest BCUT2D eigenvalue weighted by molar-refractivity contribution is -0.138. The van der Waals surface area contributed by atoms with Crippen molar-refractivity contribution < 1.29 is 18.0 Å². The Morgan fingerprint density at radius 2 is 1.76 bits per heavy atom. The summed E-state index contributed by atoms with van der Waals surface area (Å²) in [6.45, 7) is 2.45. The monoisotopic (exact) mass is 509 g/mol. The molecule has 1 aliphatic carbocycles. The van der Waals surface area contributed by atoms with E-state index in [0.29, 0.717) is 36.0 Å². The number of benzene rings is 1. The first-order chi connectivity index (χ1) is 17.7. The summed E-state index contributed by atoms with van der Waals surface area (Å²) < 4.78 is 39.9. The standard InChI is InChI=1S/C30H34F3N3O/c1-18-27-14-26-21(11-22(16-34-26)30(31,32)33)17-35(27)28(37)29(18)10-9-25(15-29)36-23-7-8-24(36)13-20(12-23)19-5-3-2-4-6-19/h2-6,11,16,18,20,23-25,27H,7-10,12-15,17H2,1H3. The molecule has 5 heterocycles. The van der Waals surface area contributed by atoms with Crippen LogP contribution in [0.1, 0.15) is 80.2 Å².